The highest BCUT2D eigenvalue weighted by Crippen LogP contribution is 2.48. The Labute approximate surface area is 167 Å². The molecule has 1 heterocycles. The molecule has 1 spiro atoms. The zero-order valence-electron chi connectivity index (χ0n) is 16.7. The van der Waals surface area contributed by atoms with Crippen LogP contribution in [0.3, 0.4) is 0 Å². The first kappa shape index (κ1) is 19.5. The Bertz CT molecular complexity index is 685. The summed E-state index contributed by atoms with van der Waals surface area (Å²) >= 11 is 0. The van der Waals surface area contributed by atoms with E-state index in [-0.39, 0.29) is 5.82 Å². The molecule has 1 aromatic rings. The molecule has 0 aromatic heterocycles. The number of rotatable bonds is 6. The fourth-order valence-electron chi connectivity index (χ4n) is 5.12. The number of carboxylic acid groups (broad SMARTS) is 1. The number of piperidine rings is 1. The van der Waals surface area contributed by atoms with E-state index in [0.717, 1.165) is 63.8 Å². The van der Waals surface area contributed by atoms with Gasteiger partial charge in [0.1, 0.15) is 11.6 Å². The molecule has 1 aliphatic heterocycles. The molecule has 0 unspecified atom stereocenters. The van der Waals surface area contributed by atoms with Gasteiger partial charge in [-0.25, -0.2) is 4.39 Å². The number of anilines is 1. The van der Waals surface area contributed by atoms with Crippen LogP contribution in [0, 0.1) is 17.2 Å². The van der Waals surface area contributed by atoms with Crippen molar-refractivity contribution in [2.45, 2.75) is 76.7 Å². The summed E-state index contributed by atoms with van der Waals surface area (Å²) in [6.07, 6.45) is 11.7. The van der Waals surface area contributed by atoms with Crippen LogP contribution < -0.4 is 9.64 Å². The smallest absolute Gasteiger partial charge is 0.303 e. The maximum absolute atomic E-state index is 14.5. The molecule has 0 radical (unpaired) electrons. The second kappa shape index (κ2) is 8.30. The maximum atomic E-state index is 14.5. The van der Waals surface area contributed by atoms with Crippen LogP contribution in [0.1, 0.15) is 70.6 Å². The van der Waals surface area contributed by atoms with Gasteiger partial charge >= 0.3 is 5.97 Å². The third-order valence-electron chi connectivity index (χ3n) is 7.37. The first-order chi connectivity index (χ1) is 13.5. The molecule has 1 saturated heterocycles. The Hall–Kier alpha value is -1.78. The lowest BCUT2D eigenvalue weighted by atomic mass is 9.65. The third-order valence-corrected chi connectivity index (χ3v) is 7.37. The van der Waals surface area contributed by atoms with Crippen LogP contribution in [0.15, 0.2) is 18.2 Å². The first-order valence-electron chi connectivity index (χ1n) is 11.0. The van der Waals surface area contributed by atoms with E-state index in [1.165, 1.54) is 19.3 Å². The highest BCUT2D eigenvalue weighted by molar-refractivity contribution is 5.66. The average Bonchev–Trinajstić information content (AvgIpc) is 2.66. The van der Waals surface area contributed by atoms with Crippen LogP contribution in [0.5, 0.6) is 5.75 Å². The van der Waals surface area contributed by atoms with Crippen LogP contribution >= 0.6 is 0 Å². The Morgan fingerprint density at radius 3 is 2.46 bits per heavy atom. The lowest BCUT2D eigenvalue weighted by molar-refractivity contribution is -0.137. The Morgan fingerprint density at radius 1 is 1.14 bits per heavy atom. The number of hydrogen-bond donors (Lipinski definition) is 1. The molecule has 2 saturated carbocycles. The van der Waals surface area contributed by atoms with Crippen molar-refractivity contribution in [3.8, 4) is 5.75 Å². The minimum absolute atomic E-state index is 0.158. The van der Waals surface area contributed by atoms with Crippen molar-refractivity contribution in [1.29, 1.82) is 0 Å². The summed E-state index contributed by atoms with van der Waals surface area (Å²) in [6.45, 7) is 1.78. The van der Waals surface area contributed by atoms with Crippen LogP contribution in [0.2, 0.25) is 0 Å². The Balaban J connectivity index is 1.32. The lowest BCUT2D eigenvalue weighted by Crippen LogP contribution is -2.42. The van der Waals surface area contributed by atoms with Crippen molar-refractivity contribution >= 4 is 11.7 Å². The molecule has 5 heteroatoms. The largest absolute Gasteiger partial charge is 0.490 e. The first-order valence-corrected chi connectivity index (χ1v) is 11.0. The van der Waals surface area contributed by atoms with Gasteiger partial charge in [0, 0.05) is 25.6 Å². The number of halogens is 1. The fraction of sp³-hybridized carbons (Fsp3) is 0.696. The van der Waals surface area contributed by atoms with Crippen molar-refractivity contribution in [2.24, 2.45) is 11.3 Å². The van der Waals surface area contributed by atoms with Crippen LogP contribution in [0.4, 0.5) is 10.1 Å². The van der Waals surface area contributed by atoms with Gasteiger partial charge in [0.05, 0.1) is 11.8 Å². The molecule has 2 aliphatic carbocycles. The molecule has 0 bridgehead atoms. The van der Waals surface area contributed by atoms with Gasteiger partial charge in [0.2, 0.25) is 0 Å². The molecule has 3 aliphatic rings. The number of benzene rings is 1. The van der Waals surface area contributed by atoms with E-state index < -0.39 is 5.97 Å². The summed E-state index contributed by atoms with van der Waals surface area (Å²) in [6, 6.07) is 5.18. The molecule has 1 N–H and O–H groups in total. The number of hydrogen-bond acceptors (Lipinski definition) is 3. The standard InChI is InChI=1S/C23H32FNO3/c24-20-6-5-19(28-18-2-1-3-18)16-21(20)25-14-12-23(13-15-25)10-8-17(9-11-23)4-7-22(26)27/h5-6,16-18H,1-4,7-15H2,(H,26,27). The minimum atomic E-state index is -0.681. The average molecular weight is 390 g/mol. The van der Waals surface area contributed by atoms with Crippen LogP contribution in [-0.4, -0.2) is 30.3 Å². The normalized spacial score (nSPS) is 22.8. The quantitative estimate of drug-likeness (QED) is 0.708. The van der Waals surface area contributed by atoms with Gasteiger partial charge in [0.15, 0.2) is 0 Å². The van der Waals surface area contributed by atoms with Gasteiger partial charge in [-0.1, -0.05) is 0 Å². The van der Waals surface area contributed by atoms with Gasteiger partial charge in [-0.15, -0.1) is 0 Å². The molecule has 4 nitrogen and oxygen atoms in total. The van der Waals surface area contributed by atoms with Crippen LogP contribution in [0.25, 0.3) is 0 Å². The van der Waals surface area contributed by atoms with E-state index in [4.69, 9.17) is 9.84 Å². The molecule has 154 valence electrons. The van der Waals surface area contributed by atoms with E-state index in [2.05, 4.69) is 4.90 Å². The van der Waals surface area contributed by atoms with Gasteiger partial charge in [-0.05, 0) is 87.7 Å². The third kappa shape index (κ3) is 4.44. The van der Waals surface area contributed by atoms with Crippen molar-refractivity contribution < 1.29 is 19.0 Å². The van der Waals surface area contributed by atoms with E-state index in [1.54, 1.807) is 12.1 Å². The molecule has 4 rings (SSSR count). The zero-order chi connectivity index (χ0) is 19.6. The molecule has 28 heavy (non-hydrogen) atoms. The number of carboxylic acids is 1. The second-order valence-corrected chi connectivity index (χ2v) is 9.15. The summed E-state index contributed by atoms with van der Waals surface area (Å²) < 4.78 is 20.4. The van der Waals surface area contributed by atoms with Gasteiger partial charge in [-0.3, -0.25) is 4.79 Å². The highest BCUT2D eigenvalue weighted by atomic mass is 19.1. The Morgan fingerprint density at radius 2 is 1.86 bits per heavy atom. The topological polar surface area (TPSA) is 49.8 Å². The monoisotopic (exact) mass is 389 g/mol. The number of ether oxygens (including phenoxy) is 1. The van der Waals surface area contributed by atoms with Crippen molar-refractivity contribution in [3.63, 3.8) is 0 Å². The van der Waals surface area contributed by atoms with E-state index in [9.17, 15) is 9.18 Å². The zero-order valence-corrected chi connectivity index (χ0v) is 16.7. The summed E-state index contributed by atoms with van der Waals surface area (Å²) in [4.78, 5) is 13.0. The minimum Gasteiger partial charge on any atom is -0.490 e. The molecule has 0 amide bonds. The summed E-state index contributed by atoms with van der Waals surface area (Å²) in [5.41, 5.74) is 1.06. The van der Waals surface area contributed by atoms with E-state index in [1.807, 2.05) is 6.07 Å². The maximum Gasteiger partial charge on any atom is 0.303 e. The van der Waals surface area contributed by atoms with E-state index in [0.29, 0.717) is 29.5 Å². The second-order valence-electron chi connectivity index (χ2n) is 9.15. The number of aliphatic carboxylic acids is 1. The number of carbonyl (C=O) groups is 1. The predicted octanol–water partition coefficient (Wildman–Crippen LogP) is 5.40. The molecular weight excluding hydrogens is 357 g/mol. The van der Waals surface area contributed by atoms with Crippen molar-refractivity contribution in [1.82, 2.24) is 0 Å². The highest BCUT2D eigenvalue weighted by Gasteiger charge is 2.38. The fourth-order valence-corrected chi connectivity index (χ4v) is 5.12. The summed E-state index contributed by atoms with van der Waals surface area (Å²) in [5, 5.41) is 8.89. The number of nitrogens with zero attached hydrogens (tertiary/aromatic N) is 1. The molecule has 1 aromatic carbocycles. The molecular formula is C23H32FNO3. The van der Waals surface area contributed by atoms with Gasteiger partial charge in [-0.2, -0.15) is 0 Å². The Kier molecular flexibility index (Phi) is 5.79. The van der Waals surface area contributed by atoms with Crippen molar-refractivity contribution in [3.05, 3.63) is 24.0 Å². The SMILES string of the molecule is O=C(O)CCC1CCC2(CC1)CCN(c1cc(OC3CCC3)ccc1F)CC2. The predicted molar refractivity (Wildman–Crippen MR) is 107 cm³/mol. The van der Waals surface area contributed by atoms with Gasteiger partial charge < -0.3 is 14.7 Å². The summed E-state index contributed by atoms with van der Waals surface area (Å²) in [7, 11) is 0. The van der Waals surface area contributed by atoms with Gasteiger partial charge in [0.25, 0.3) is 0 Å². The lowest BCUT2D eigenvalue weighted by Gasteiger charge is -2.46. The summed E-state index contributed by atoms with van der Waals surface area (Å²) in [5.74, 6) is 0.520. The molecule has 3 fully saturated rings. The molecule has 0 atom stereocenters. The van der Waals surface area contributed by atoms with Crippen LogP contribution in [-0.2, 0) is 4.79 Å². The van der Waals surface area contributed by atoms with E-state index >= 15 is 0 Å². The van der Waals surface area contributed by atoms with Crippen molar-refractivity contribution in [2.75, 3.05) is 18.0 Å².